The van der Waals surface area contributed by atoms with Gasteiger partial charge in [-0.1, -0.05) is 44.2 Å². The Bertz CT molecular complexity index is 553. The van der Waals surface area contributed by atoms with Crippen LogP contribution in [-0.4, -0.2) is 36.3 Å². The van der Waals surface area contributed by atoms with Crippen LogP contribution < -0.4 is 11.1 Å². The van der Waals surface area contributed by atoms with Gasteiger partial charge < -0.3 is 16.0 Å². The van der Waals surface area contributed by atoms with Crippen molar-refractivity contribution in [3.8, 4) is 0 Å². The summed E-state index contributed by atoms with van der Waals surface area (Å²) < 4.78 is 0. The molecule has 25 heavy (non-hydrogen) atoms. The van der Waals surface area contributed by atoms with Gasteiger partial charge in [-0.2, -0.15) is 0 Å². The highest BCUT2D eigenvalue weighted by Crippen LogP contribution is 2.19. The summed E-state index contributed by atoms with van der Waals surface area (Å²) in [6.07, 6.45) is 2.54. The largest absolute Gasteiger partial charge is 0.354 e. The third-order valence-corrected chi connectivity index (χ3v) is 4.86. The van der Waals surface area contributed by atoms with Crippen LogP contribution in [0.4, 0.5) is 0 Å². The number of amides is 2. The topological polar surface area (TPSA) is 75.4 Å². The Morgan fingerprint density at radius 3 is 2.64 bits per heavy atom. The van der Waals surface area contributed by atoms with Gasteiger partial charge in [0.15, 0.2) is 0 Å². The average Bonchev–Trinajstić information content (AvgIpc) is 2.65. The minimum Gasteiger partial charge on any atom is -0.354 e. The second kappa shape index (κ2) is 10.4. The highest BCUT2D eigenvalue weighted by atomic mass is 35.5. The molecule has 1 saturated heterocycles. The second-order valence-corrected chi connectivity index (χ2v) is 6.70. The van der Waals surface area contributed by atoms with Crippen molar-refractivity contribution in [2.24, 2.45) is 17.6 Å². The van der Waals surface area contributed by atoms with E-state index in [1.807, 2.05) is 49.1 Å². The Morgan fingerprint density at radius 2 is 2.00 bits per heavy atom. The maximum absolute atomic E-state index is 12.4. The lowest BCUT2D eigenvalue weighted by Gasteiger charge is -2.33. The van der Waals surface area contributed by atoms with E-state index in [0.29, 0.717) is 13.1 Å². The smallest absolute Gasteiger partial charge is 0.225 e. The van der Waals surface area contributed by atoms with E-state index in [4.69, 9.17) is 5.73 Å². The molecule has 140 valence electrons. The van der Waals surface area contributed by atoms with Gasteiger partial charge in [0.05, 0.1) is 5.92 Å². The van der Waals surface area contributed by atoms with Crippen LogP contribution in [0.5, 0.6) is 0 Å². The van der Waals surface area contributed by atoms with Gasteiger partial charge in [0, 0.05) is 31.6 Å². The van der Waals surface area contributed by atoms with Crippen LogP contribution in [0.3, 0.4) is 0 Å². The first-order valence-corrected chi connectivity index (χ1v) is 8.90. The van der Waals surface area contributed by atoms with Crippen LogP contribution in [0, 0.1) is 11.8 Å². The van der Waals surface area contributed by atoms with Crippen molar-refractivity contribution in [1.29, 1.82) is 0 Å². The van der Waals surface area contributed by atoms with Crippen molar-refractivity contribution in [3.63, 3.8) is 0 Å². The van der Waals surface area contributed by atoms with E-state index < -0.39 is 0 Å². The number of carbonyl (C=O) groups excluding carboxylic acids is 2. The molecule has 1 heterocycles. The number of rotatable bonds is 6. The molecule has 1 aromatic carbocycles. The van der Waals surface area contributed by atoms with Crippen molar-refractivity contribution >= 4 is 24.2 Å². The molecule has 1 aromatic rings. The Morgan fingerprint density at radius 1 is 1.32 bits per heavy atom. The van der Waals surface area contributed by atoms with Gasteiger partial charge in [-0.25, -0.2) is 0 Å². The summed E-state index contributed by atoms with van der Waals surface area (Å²) in [5, 5.41) is 2.95. The van der Waals surface area contributed by atoms with E-state index in [0.717, 1.165) is 31.4 Å². The molecule has 0 saturated carbocycles. The van der Waals surface area contributed by atoms with Crippen molar-refractivity contribution in [1.82, 2.24) is 10.2 Å². The fourth-order valence-electron chi connectivity index (χ4n) is 3.05. The number of nitrogens with zero attached hydrogens (tertiary/aromatic N) is 1. The van der Waals surface area contributed by atoms with Crippen LogP contribution in [0.2, 0.25) is 0 Å². The number of nitrogens with two attached hydrogens (primary N) is 1. The number of likely N-dealkylation sites (tertiary alicyclic amines) is 1. The molecule has 2 amide bonds. The highest BCUT2D eigenvalue weighted by Gasteiger charge is 2.29. The van der Waals surface area contributed by atoms with E-state index in [1.165, 1.54) is 0 Å². The first kappa shape index (κ1) is 21.5. The zero-order valence-electron chi connectivity index (χ0n) is 15.1. The molecule has 1 fully saturated rings. The molecule has 0 aliphatic carbocycles. The zero-order valence-corrected chi connectivity index (χ0v) is 15.9. The van der Waals surface area contributed by atoms with E-state index in [1.54, 1.807) is 0 Å². The molecule has 3 N–H and O–H groups in total. The number of hydrogen-bond donors (Lipinski definition) is 2. The Labute approximate surface area is 156 Å². The lowest BCUT2D eigenvalue weighted by atomic mass is 9.95. The Hall–Kier alpha value is -1.59. The maximum atomic E-state index is 12.4. The van der Waals surface area contributed by atoms with Crippen LogP contribution in [-0.2, 0) is 9.59 Å². The molecule has 2 rings (SSSR count). The highest BCUT2D eigenvalue weighted by molar-refractivity contribution is 5.85. The third kappa shape index (κ3) is 6.01. The molecule has 0 radical (unpaired) electrons. The molecule has 6 heteroatoms. The van der Waals surface area contributed by atoms with Crippen LogP contribution in [0.25, 0.3) is 0 Å². The Balaban J connectivity index is 0.00000312. The third-order valence-electron chi connectivity index (χ3n) is 4.86. The summed E-state index contributed by atoms with van der Waals surface area (Å²) in [5.41, 5.74) is 7.14. The van der Waals surface area contributed by atoms with Crippen molar-refractivity contribution in [2.45, 2.75) is 39.2 Å². The molecular formula is C19H30ClN3O2. The minimum absolute atomic E-state index is 0. The number of carbonyl (C=O) groups is 2. The summed E-state index contributed by atoms with van der Waals surface area (Å²) in [6, 6.07) is 9.54. The fourth-order valence-corrected chi connectivity index (χ4v) is 3.05. The predicted molar refractivity (Wildman–Crippen MR) is 102 cm³/mol. The summed E-state index contributed by atoms with van der Waals surface area (Å²) in [7, 11) is 0. The molecule has 0 spiro atoms. The molecule has 1 aliphatic heterocycles. The van der Waals surface area contributed by atoms with Crippen LogP contribution in [0.1, 0.15) is 44.7 Å². The standard InChI is InChI=1S/C19H29N3O2.ClH/c1-3-14(2)19(24)22-11-7-10-16(13-22)18(23)21-12-17(20)15-8-5-4-6-9-15;/h4-6,8-9,14,16-17H,3,7,10-13,20H2,1-2H3,(H,21,23);1H. The number of hydrogen-bond acceptors (Lipinski definition) is 3. The Kier molecular flexibility index (Phi) is 8.93. The molecular weight excluding hydrogens is 338 g/mol. The molecule has 1 aliphatic rings. The normalized spacial score (nSPS) is 19.5. The van der Waals surface area contributed by atoms with Crippen LogP contribution in [0.15, 0.2) is 30.3 Å². The summed E-state index contributed by atoms with van der Waals surface area (Å²) in [6.45, 7) is 5.66. The van der Waals surface area contributed by atoms with E-state index >= 15 is 0 Å². The first-order valence-electron chi connectivity index (χ1n) is 8.90. The lowest BCUT2D eigenvalue weighted by molar-refractivity contribution is -0.138. The summed E-state index contributed by atoms with van der Waals surface area (Å²) >= 11 is 0. The number of piperidine rings is 1. The molecule has 3 unspecified atom stereocenters. The summed E-state index contributed by atoms with van der Waals surface area (Å²) in [5.74, 6) is 0.0621. The van der Waals surface area contributed by atoms with E-state index in [9.17, 15) is 9.59 Å². The van der Waals surface area contributed by atoms with Gasteiger partial charge >= 0.3 is 0 Å². The van der Waals surface area contributed by atoms with Crippen molar-refractivity contribution < 1.29 is 9.59 Å². The number of nitrogens with one attached hydrogen (secondary N) is 1. The van der Waals surface area contributed by atoms with Crippen molar-refractivity contribution in [3.05, 3.63) is 35.9 Å². The van der Waals surface area contributed by atoms with Gasteiger partial charge in [0.2, 0.25) is 11.8 Å². The fraction of sp³-hybridized carbons (Fsp3) is 0.579. The van der Waals surface area contributed by atoms with Crippen molar-refractivity contribution in [2.75, 3.05) is 19.6 Å². The number of halogens is 1. The van der Waals surface area contributed by atoms with E-state index in [2.05, 4.69) is 5.32 Å². The van der Waals surface area contributed by atoms with Gasteiger partial charge in [0.25, 0.3) is 0 Å². The SMILES string of the molecule is CCC(C)C(=O)N1CCCC(C(=O)NCC(N)c2ccccc2)C1.Cl. The first-order chi connectivity index (χ1) is 11.5. The second-order valence-electron chi connectivity index (χ2n) is 6.70. The van der Waals surface area contributed by atoms with Gasteiger partial charge in [0.1, 0.15) is 0 Å². The minimum atomic E-state index is -0.211. The lowest BCUT2D eigenvalue weighted by Crippen LogP contribution is -2.47. The summed E-state index contributed by atoms with van der Waals surface area (Å²) in [4.78, 5) is 26.6. The van der Waals surface area contributed by atoms with E-state index in [-0.39, 0.29) is 42.1 Å². The zero-order chi connectivity index (χ0) is 17.5. The predicted octanol–water partition coefficient (Wildman–Crippen LogP) is 2.51. The van der Waals surface area contributed by atoms with Crippen LogP contribution >= 0.6 is 12.4 Å². The van der Waals surface area contributed by atoms with Gasteiger partial charge in [-0.05, 0) is 24.8 Å². The molecule has 3 atom stereocenters. The van der Waals surface area contributed by atoms with Gasteiger partial charge in [-0.15, -0.1) is 12.4 Å². The quantitative estimate of drug-likeness (QED) is 0.811. The molecule has 0 aromatic heterocycles. The number of benzene rings is 1. The monoisotopic (exact) mass is 367 g/mol. The maximum Gasteiger partial charge on any atom is 0.225 e. The molecule has 0 bridgehead atoms. The average molecular weight is 368 g/mol. The van der Waals surface area contributed by atoms with Gasteiger partial charge in [-0.3, -0.25) is 9.59 Å². The molecule has 5 nitrogen and oxygen atoms in total.